The highest BCUT2D eigenvalue weighted by atomic mass is 35.5. The van der Waals surface area contributed by atoms with Gasteiger partial charge in [0.2, 0.25) is 0 Å². The SMILES string of the molecule is O=C(N/N=C/c1ccsc1)c1ccc(Cl)cc1Cl. The van der Waals surface area contributed by atoms with E-state index in [9.17, 15) is 4.79 Å². The molecule has 1 heterocycles. The van der Waals surface area contributed by atoms with Crippen LogP contribution in [-0.2, 0) is 0 Å². The average molecular weight is 299 g/mol. The topological polar surface area (TPSA) is 41.5 Å². The van der Waals surface area contributed by atoms with Crippen molar-refractivity contribution >= 4 is 46.7 Å². The molecule has 0 spiro atoms. The molecule has 0 radical (unpaired) electrons. The van der Waals surface area contributed by atoms with Crippen LogP contribution in [0.15, 0.2) is 40.1 Å². The van der Waals surface area contributed by atoms with Gasteiger partial charge in [-0.3, -0.25) is 4.79 Å². The van der Waals surface area contributed by atoms with Crippen molar-refractivity contribution in [3.05, 3.63) is 56.2 Å². The number of hydrogen-bond donors (Lipinski definition) is 1. The van der Waals surface area contributed by atoms with Crippen molar-refractivity contribution in [3.8, 4) is 0 Å². The van der Waals surface area contributed by atoms with Crippen LogP contribution in [0, 0.1) is 0 Å². The number of hydrogen-bond acceptors (Lipinski definition) is 3. The van der Waals surface area contributed by atoms with Crippen molar-refractivity contribution in [3.63, 3.8) is 0 Å². The van der Waals surface area contributed by atoms with Gasteiger partial charge in [0, 0.05) is 10.6 Å². The number of carbonyl (C=O) groups is 1. The minimum absolute atomic E-state index is 0.297. The van der Waals surface area contributed by atoms with Crippen molar-refractivity contribution in [1.29, 1.82) is 0 Å². The van der Waals surface area contributed by atoms with Crippen LogP contribution in [0.1, 0.15) is 15.9 Å². The molecule has 2 rings (SSSR count). The standard InChI is InChI=1S/C12H8Cl2N2OS/c13-9-1-2-10(11(14)5-9)12(17)16-15-6-8-3-4-18-7-8/h1-7H,(H,16,17)/b15-6+. The monoisotopic (exact) mass is 298 g/mol. The van der Waals surface area contributed by atoms with Crippen LogP contribution >= 0.6 is 34.5 Å². The molecule has 0 saturated heterocycles. The third-order valence-corrected chi connectivity index (χ3v) is 3.35. The van der Waals surface area contributed by atoms with Crippen LogP contribution in [0.5, 0.6) is 0 Å². The molecule has 3 nitrogen and oxygen atoms in total. The van der Waals surface area contributed by atoms with E-state index in [4.69, 9.17) is 23.2 Å². The lowest BCUT2D eigenvalue weighted by Crippen LogP contribution is -2.17. The predicted octanol–water partition coefficient (Wildman–Crippen LogP) is 3.82. The number of nitrogens with one attached hydrogen (secondary N) is 1. The zero-order chi connectivity index (χ0) is 13.0. The van der Waals surface area contributed by atoms with E-state index in [0.29, 0.717) is 15.6 Å². The summed E-state index contributed by atoms with van der Waals surface area (Å²) >= 11 is 13.2. The number of nitrogens with zero attached hydrogens (tertiary/aromatic N) is 1. The Morgan fingerprint density at radius 1 is 1.33 bits per heavy atom. The molecule has 0 bridgehead atoms. The first-order valence-electron chi connectivity index (χ1n) is 4.97. The molecule has 1 N–H and O–H groups in total. The van der Waals surface area contributed by atoms with Gasteiger partial charge in [-0.05, 0) is 35.0 Å². The molecule has 92 valence electrons. The summed E-state index contributed by atoms with van der Waals surface area (Å²) in [7, 11) is 0. The van der Waals surface area contributed by atoms with Crippen LogP contribution in [-0.4, -0.2) is 12.1 Å². The molecule has 0 unspecified atom stereocenters. The molecule has 6 heteroatoms. The first kappa shape index (κ1) is 13.1. The van der Waals surface area contributed by atoms with Crippen molar-refractivity contribution in [2.75, 3.05) is 0 Å². The van der Waals surface area contributed by atoms with Gasteiger partial charge < -0.3 is 0 Å². The fraction of sp³-hybridized carbons (Fsp3) is 0. The average Bonchev–Trinajstić information content (AvgIpc) is 2.81. The molecule has 0 aliphatic carbocycles. The van der Waals surface area contributed by atoms with E-state index in [-0.39, 0.29) is 5.91 Å². The van der Waals surface area contributed by atoms with Crippen LogP contribution in [0.25, 0.3) is 0 Å². The summed E-state index contributed by atoms with van der Waals surface area (Å²) in [4.78, 5) is 11.8. The lowest BCUT2D eigenvalue weighted by atomic mass is 10.2. The van der Waals surface area contributed by atoms with Gasteiger partial charge in [0.05, 0.1) is 16.8 Å². The Bertz CT molecular complexity index is 582. The molecule has 0 aliphatic heterocycles. The summed E-state index contributed by atoms with van der Waals surface area (Å²) < 4.78 is 0. The van der Waals surface area contributed by atoms with Gasteiger partial charge in [0.15, 0.2) is 0 Å². The Labute approximate surface area is 118 Å². The van der Waals surface area contributed by atoms with Gasteiger partial charge in [0.25, 0.3) is 5.91 Å². The van der Waals surface area contributed by atoms with E-state index in [1.807, 2.05) is 16.8 Å². The summed E-state index contributed by atoms with van der Waals surface area (Å²) in [5, 5.41) is 8.48. The first-order valence-corrected chi connectivity index (χ1v) is 6.67. The molecular weight excluding hydrogens is 291 g/mol. The molecule has 1 aromatic heterocycles. The molecule has 0 aliphatic rings. The van der Waals surface area contributed by atoms with E-state index in [1.54, 1.807) is 29.7 Å². The highest BCUT2D eigenvalue weighted by Crippen LogP contribution is 2.20. The Kier molecular flexibility index (Phi) is 4.36. The lowest BCUT2D eigenvalue weighted by molar-refractivity contribution is 0.0955. The Morgan fingerprint density at radius 2 is 2.17 bits per heavy atom. The molecule has 0 atom stereocenters. The van der Waals surface area contributed by atoms with Crippen LogP contribution in [0.2, 0.25) is 10.0 Å². The van der Waals surface area contributed by atoms with Gasteiger partial charge in [-0.15, -0.1) is 0 Å². The molecular formula is C12H8Cl2N2OS. The quantitative estimate of drug-likeness (QED) is 0.679. The van der Waals surface area contributed by atoms with Crippen molar-refractivity contribution in [1.82, 2.24) is 5.43 Å². The van der Waals surface area contributed by atoms with E-state index < -0.39 is 0 Å². The number of amides is 1. The van der Waals surface area contributed by atoms with Gasteiger partial charge in [-0.2, -0.15) is 16.4 Å². The van der Waals surface area contributed by atoms with Crippen molar-refractivity contribution in [2.24, 2.45) is 5.10 Å². The number of halogens is 2. The second kappa shape index (κ2) is 6.00. The zero-order valence-electron chi connectivity index (χ0n) is 9.06. The van der Waals surface area contributed by atoms with Crippen molar-refractivity contribution in [2.45, 2.75) is 0 Å². The predicted molar refractivity (Wildman–Crippen MR) is 75.8 cm³/mol. The molecule has 0 fully saturated rings. The lowest BCUT2D eigenvalue weighted by Gasteiger charge is -2.02. The second-order valence-electron chi connectivity index (χ2n) is 3.38. The summed E-state index contributed by atoms with van der Waals surface area (Å²) in [5.74, 6) is -0.372. The summed E-state index contributed by atoms with van der Waals surface area (Å²) in [5.41, 5.74) is 3.67. The maximum atomic E-state index is 11.8. The summed E-state index contributed by atoms with van der Waals surface area (Å²) in [6.45, 7) is 0. The van der Waals surface area contributed by atoms with Gasteiger partial charge in [-0.25, -0.2) is 5.43 Å². The molecule has 18 heavy (non-hydrogen) atoms. The highest BCUT2D eigenvalue weighted by molar-refractivity contribution is 7.08. The zero-order valence-corrected chi connectivity index (χ0v) is 11.4. The number of rotatable bonds is 3. The van der Waals surface area contributed by atoms with Gasteiger partial charge in [0.1, 0.15) is 0 Å². The van der Waals surface area contributed by atoms with Crippen molar-refractivity contribution < 1.29 is 4.79 Å². The Hall–Kier alpha value is -1.36. The number of thiophene rings is 1. The maximum absolute atomic E-state index is 11.8. The molecule has 0 saturated carbocycles. The number of benzene rings is 1. The Balaban J connectivity index is 2.04. The smallest absolute Gasteiger partial charge is 0.267 e. The largest absolute Gasteiger partial charge is 0.272 e. The van der Waals surface area contributed by atoms with E-state index in [2.05, 4.69) is 10.5 Å². The fourth-order valence-corrected chi connectivity index (χ4v) is 2.35. The maximum Gasteiger partial charge on any atom is 0.272 e. The molecule has 2 aromatic rings. The highest BCUT2D eigenvalue weighted by Gasteiger charge is 2.09. The van der Waals surface area contributed by atoms with Crippen LogP contribution in [0.4, 0.5) is 0 Å². The van der Waals surface area contributed by atoms with Crippen LogP contribution < -0.4 is 5.43 Å². The molecule has 1 amide bonds. The van der Waals surface area contributed by atoms with Gasteiger partial charge in [-0.1, -0.05) is 23.2 Å². The number of hydrazone groups is 1. The summed E-state index contributed by atoms with van der Waals surface area (Å²) in [6.07, 6.45) is 1.57. The molecule has 1 aromatic carbocycles. The van der Waals surface area contributed by atoms with E-state index >= 15 is 0 Å². The van der Waals surface area contributed by atoms with Gasteiger partial charge >= 0.3 is 0 Å². The minimum Gasteiger partial charge on any atom is -0.267 e. The normalized spacial score (nSPS) is 10.8. The van der Waals surface area contributed by atoms with E-state index in [1.165, 1.54) is 6.07 Å². The third kappa shape index (κ3) is 3.32. The number of carbonyl (C=O) groups excluding carboxylic acids is 1. The summed E-state index contributed by atoms with van der Waals surface area (Å²) in [6, 6.07) is 6.57. The Morgan fingerprint density at radius 3 is 2.83 bits per heavy atom. The minimum atomic E-state index is -0.372. The first-order chi connectivity index (χ1) is 8.66. The van der Waals surface area contributed by atoms with Crippen LogP contribution in [0.3, 0.4) is 0 Å². The van der Waals surface area contributed by atoms with E-state index in [0.717, 1.165) is 5.56 Å². The second-order valence-corrected chi connectivity index (χ2v) is 5.00. The fourth-order valence-electron chi connectivity index (χ4n) is 1.25. The third-order valence-electron chi connectivity index (χ3n) is 2.10.